The van der Waals surface area contributed by atoms with Crippen LogP contribution in [0, 0.1) is 0 Å². The van der Waals surface area contributed by atoms with Crippen LogP contribution in [0.5, 0.6) is 0 Å². The van der Waals surface area contributed by atoms with Crippen LogP contribution in [0.3, 0.4) is 0 Å². The Kier molecular flexibility index (Phi) is 1.35. The van der Waals surface area contributed by atoms with Gasteiger partial charge in [0.1, 0.15) is 0 Å². The van der Waals surface area contributed by atoms with Gasteiger partial charge in [-0.3, -0.25) is 0 Å². The van der Waals surface area contributed by atoms with Gasteiger partial charge in [-0.05, 0) is 24.5 Å². The smallest absolute Gasteiger partial charge is 0.0370 e. The van der Waals surface area contributed by atoms with E-state index in [1.54, 1.807) is 0 Å². The second-order valence-corrected chi connectivity index (χ2v) is 2.65. The lowest BCUT2D eigenvalue weighted by molar-refractivity contribution is 0.914. The van der Waals surface area contributed by atoms with Crippen LogP contribution in [0.1, 0.15) is 12.8 Å². The maximum absolute atomic E-state index is 3.34. The third-order valence-electron chi connectivity index (χ3n) is 1.96. The Balaban J connectivity index is 2.34. The molecule has 0 aromatic heterocycles. The number of allylic oxidation sites excluding steroid dienone is 5. The van der Waals surface area contributed by atoms with E-state index in [-0.39, 0.29) is 0 Å². The zero-order valence-electron chi connectivity index (χ0n) is 5.93. The Morgan fingerprint density at radius 1 is 1.40 bits per heavy atom. The molecule has 1 aliphatic carbocycles. The first kappa shape index (κ1) is 5.78. The molecule has 0 atom stereocenters. The summed E-state index contributed by atoms with van der Waals surface area (Å²) in [6.45, 7) is 1.12. The molecule has 0 saturated carbocycles. The number of nitrogens with one attached hydrogen (secondary N) is 1. The second-order valence-electron chi connectivity index (χ2n) is 2.65. The van der Waals surface area contributed by atoms with Gasteiger partial charge in [0.05, 0.1) is 0 Å². The van der Waals surface area contributed by atoms with Crippen LogP contribution in [0.25, 0.3) is 0 Å². The third-order valence-corrected chi connectivity index (χ3v) is 1.96. The van der Waals surface area contributed by atoms with Crippen molar-refractivity contribution in [1.29, 1.82) is 0 Å². The fraction of sp³-hybridized carbons (Fsp3) is 0.333. The van der Waals surface area contributed by atoms with Gasteiger partial charge in [-0.2, -0.15) is 0 Å². The average Bonchev–Trinajstić information content (AvgIpc) is 2.28. The topological polar surface area (TPSA) is 12.0 Å². The molecular formula is C9H11N. The number of hydrogen-bond acceptors (Lipinski definition) is 1. The summed E-state index contributed by atoms with van der Waals surface area (Å²) in [4.78, 5) is 0. The predicted molar refractivity (Wildman–Crippen MR) is 42.5 cm³/mol. The Hall–Kier alpha value is -0.980. The maximum atomic E-state index is 3.34. The zero-order valence-corrected chi connectivity index (χ0v) is 5.93. The summed E-state index contributed by atoms with van der Waals surface area (Å²) in [6.07, 6.45) is 11.1. The lowest BCUT2D eigenvalue weighted by Crippen LogP contribution is -2.02. The molecule has 0 bridgehead atoms. The summed E-state index contributed by atoms with van der Waals surface area (Å²) in [6, 6.07) is 0. The van der Waals surface area contributed by atoms with Crippen molar-refractivity contribution in [2.45, 2.75) is 12.8 Å². The van der Waals surface area contributed by atoms with E-state index in [2.05, 4.69) is 29.6 Å². The van der Waals surface area contributed by atoms with Crippen molar-refractivity contribution in [3.8, 4) is 0 Å². The van der Waals surface area contributed by atoms with Crippen molar-refractivity contribution in [2.75, 3.05) is 6.54 Å². The Labute approximate surface area is 61.1 Å². The lowest BCUT2D eigenvalue weighted by Gasteiger charge is -1.95. The van der Waals surface area contributed by atoms with Gasteiger partial charge in [0.2, 0.25) is 0 Å². The lowest BCUT2D eigenvalue weighted by atomic mass is 10.2. The molecule has 1 fully saturated rings. The summed E-state index contributed by atoms with van der Waals surface area (Å²) in [5.74, 6) is 0. The van der Waals surface area contributed by atoms with E-state index >= 15 is 0 Å². The molecule has 0 radical (unpaired) electrons. The maximum Gasteiger partial charge on any atom is 0.0370 e. The molecule has 1 nitrogen and oxygen atoms in total. The van der Waals surface area contributed by atoms with Crippen molar-refractivity contribution >= 4 is 0 Å². The first-order valence-electron chi connectivity index (χ1n) is 3.77. The molecule has 1 N–H and O–H groups in total. The number of fused-ring (bicyclic) bond motifs is 1. The van der Waals surface area contributed by atoms with E-state index in [1.807, 2.05) is 0 Å². The Morgan fingerprint density at radius 2 is 2.40 bits per heavy atom. The third kappa shape index (κ3) is 0.878. The van der Waals surface area contributed by atoms with E-state index in [0.29, 0.717) is 0 Å². The predicted octanol–water partition coefficient (Wildman–Crippen LogP) is 1.75. The van der Waals surface area contributed by atoms with E-state index in [9.17, 15) is 0 Å². The summed E-state index contributed by atoms with van der Waals surface area (Å²) in [5, 5.41) is 3.34. The van der Waals surface area contributed by atoms with Crippen molar-refractivity contribution in [3.63, 3.8) is 0 Å². The molecule has 1 aliphatic heterocycles. The molecule has 2 rings (SSSR count). The van der Waals surface area contributed by atoms with Crippen molar-refractivity contribution < 1.29 is 0 Å². The summed E-state index contributed by atoms with van der Waals surface area (Å²) in [5.41, 5.74) is 2.82. The van der Waals surface area contributed by atoms with Crippen LogP contribution in [0.4, 0.5) is 0 Å². The van der Waals surface area contributed by atoms with E-state index in [0.717, 1.165) is 13.0 Å². The monoisotopic (exact) mass is 133 g/mol. The first-order chi connectivity index (χ1) is 4.97. The van der Waals surface area contributed by atoms with E-state index in [4.69, 9.17) is 0 Å². The normalized spacial score (nSPS) is 22.4. The van der Waals surface area contributed by atoms with Gasteiger partial charge in [-0.1, -0.05) is 18.2 Å². The summed E-state index contributed by atoms with van der Waals surface area (Å²) < 4.78 is 0. The average molecular weight is 133 g/mol. The molecule has 0 amide bonds. The minimum absolute atomic E-state index is 1.09. The van der Waals surface area contributed by atoms with Crippen molar-refractivity contribution in [2.24, 2.45) is 0 Å². The highest BCUT2D eigenvalue weighted by Crippen LogP contribution is 2.20. The number of hydrogen-bond donors (Lipinski definition) is 1. The molecule has 52 valence electrons. The van der Waals surface area contributed by atoms with Crippen LogP contribution >= 0.6 is 0 Å². The van der Waals surface area contributed by atoms with Gasteiger partial charge < -0.3 is 5.32 Å². The van der Waals surface area contributed by atoms with Crippen LogP contribution in [0.2, 0.25) is 0 Å². The highest BCUT2D eigenvalue weighted by Gasteiger charge is 2.11. The van der Waals surface area contributed by atoms with Gasteiger partial charge in [-0.15, -0.1) is 0 Å². The Morgan fingerprint density at radius 3 is 3.40 bits per heavy atom. The molecular weight excluding hydrogens is 122 g/mol. The van der Waals surface area contributed by atoms with Gasteiger partial charge in [0.25, 0.3) is 0 Å². The molecule has 1 heteroatoms. The standard InChI is InChI=1S/C9H11N/c1-2-4-8-6-7-10-9(8)5-3-1/h1,3-5,10H,2,6-7H2. The first-order valence-corrected chi connectivity index (χ1v) is 3.77. The van der Waals surface area contributed by atoms with Crippen LogP contribution < -0.4 is 5.32 Å². The Bertz CT molecular complexity index is 221. The quantitative estimate of drug-likeness (QED) is 0.531. The molecule has 0 spiro atoms. The minimum atomic E-state index is 1.09. The van der Waals surface area contributed by atoms with Gasteiger partial charge in [0.15, 0.2) is 0 Å². The minimum Gasteiger partial charge on any atom is -0.384 e. The van der Waals surface area contributed by atoms with Gasteiger partial charge in [0, 0.05) is 12.2 Å². The van der Waals surface area contributed by atoms with Crippen LogP contribution in [-0.2, 0) is 0 Å². The molecule has 1 heterocycles. The van der Waals surface area contributed by atoms with Crippen molar-refractivity contribution in [1.82, 2.24) is 5.32 Å². The highest BCUT2D eigenvalue weighted by atomic mass is 14.9. The zero-order chi connectivity index (χ0) is 6.81. The summed E-state index contributed by atoms with van der Waals surface area (Å²) in [7, 11) is 0. The molecule has 10 heavy (non-hydrogen) atoms. The second kappa shape index (κ2) is 2.33. The van der Waals surface area contributed by atoms with Crippen LogP contribution in [-0.4, -0.2) is 6.54 Å². The SMILES string of the molecule is C1=CCC=C2CCNC2=C1. The number of rotatable bonds is 0. The van der Waals surface area contributed by atoms with Crippen molar-refractivity contribution in [3.05, 3.63) is 35.6 Å². The molecule has 0 unspecified atom stereocenters. The molecule has 1 saturated heterocycles. The fourth-order valence-corrected chi connectivity index (χ4v) is 1.41. The fourth-order valence-electron chi connectivity index (χ4n) is 1.41. The largest absolute Gasteiger partial charge is 0.384 e. The summed E-state index contributed by atoms with van der Waals surface area (Å²) >= 11 is 0. The van der Waals surface area contributed by atoms with Gasteiger partial charge in [-0.25, -0.2) is 0 Å². The van der Waals surface area contributed by atoms with Crippen LogP contribution in [0.15, 0.2) is 35.6 Å². The van der Waals surface area contributed by atoms with E-state index in [1.165, 1.54) is 17.7 Å². The highest BCUT2D eigenvalue weighted by molar-refractivity contribution is 5.38. The van der Waals surface area contributed by atoms with E-state index < -0.39 is 0 Å². The molecule has 2 aliphatic rings. The molecule has 0 aromatic carbocycles. The van der Waals surface area contributed by atoms with Gasteiger partial charge >= 0.3 is 0 Å². The molecule has 0 aromatic rings.